The Hall–Kier alpha value is -1.30. The van der Waals surface area contributed by atoms with E-state index in [1.807, 2.05) is 19.0 Å². The van der Waals surface area contributed by atoms with Crippen LogP contribution in [-0.2, 0) is 9.59 Å². The molecular formula is C13H17Cl2N3O2. The maximum Gasteiger partial charge on any atom is 0.233 e. The Kier molecular flexibility index (Phi) is 6.78. The molecule has 0 aromatic heterocycles. The summed E-state index contributed by atoms with van der Waals surface area (Å²) < 4.78 is 0. The lowest BCUT2D eigenvalue weighted by atomic mass is 10.3. The fourth-order valence-electron chi connectivity index (χ4n) is 1.41. The molecule has 0 heterocycles. The van der Waals surface area contributed by atoms with Gasteiger partial charge in [0.25, 0.3) is 0 Å². The summed E-state index contributed by atoms with van der Waals surface area (Å²) >= 11 is 11.6. The second kappa shape index (κ2) is 8.09. The van der Waals surface area contributed by atoms with Gasteiger partial charge in [0, 0.05) is 18.8 Å². The SMILES string of the molecule is CN(C)CCNC(=O)CC(=O)Nc1ccc(Cl)c(Cl)c1. The first-order valence-corrected chi connectivity index (χ1v) is 6.80. The van der Waals surface area contributed by atoms with E-state index in [2.05, 4.69) is 10.6 Å². The van der Waals surface area contributed by atoms with Crippen molar-refractivity contribution in [1.82, 2.24) is 10.2 Å². The molecule has 0 fully saturated rings. The van der Waals surface area contributed by atoms with Crippen molar-refractivity contribution < 1.29 is 9.59 Å². The number of carbonyl (C=O) groups is 2. The van der Waals surface area contributed by atoms with Gasteiger partial charge in [-0.2, -0.15) is 0 Å². The van der Waals surface area contributed by atoms with Crippen LogP contribution in [0.4, 0.5) is 5.69 Å². The van der Waals surface area contributed by atoms with Crippen molar-refractivity contribution in [3.63, 3.8) is 0 Å². The zero-order chi connectivity index (χ0) is 15.1. The number of hydrogen-bond donors (Lipinski definition) is 2. The summed E-state index contributed by atoms with van der Waals surface area (Å²) in [6, 6.07) is 4.73. The summed E-state index contributed by atoms with van der Waals surface area (Å²) in [5.74, 6) is -0.713. The third kappa shape index (κ3) is 6.23. The highest BCUT2D eigenvalue weighted by molar-refractivity contribution is 6.42. The Bertz CT molecular complexity index is 493. The standard InChI is InChI=1S/C13H17Cl2N3O2/c1-18(2)6-5-16-12(19)8-13(20)17-9-3-4-10(14)11(15)7-9/h3-4,7H,5-6,8H2,1-2H3,(H,16,19)(H,17,20). The molecule has 0 radical (unpaired) electrons. The van der Waals surface area contributed by atoms with Gasteiger partial charge in [-0.25, -0.2) is 0 Å². The van der Waals surface area contributed by atoms with Crippen LogP contribution in [0.15, 0.2) is 18.2 Å². The molecule has 1 aromatic carbocycles. The zero-order valence-corrected chi connectivity index (χ0v) is 12.9. The van der Waals surface area contributed by atoms with E-state index in [4.69, 9.17) is 23.2 Å². The Labute approximate surface area is 128 Å². The van der Waals surface area contributed by atoms with E-state index in [-0.39, 0.29) is 12.3 Å². The zero-order valence-electron chi connectivity index (χ0n) is 11.4. The molecule has 1 rings (SSSR count). The molecular weight excluding hydrogens is 301 g/mol. The van der Waals surface area contributed by atoms with Gasteiger partial charge in [-0.15, -0.1) is 0 Å². The van der Waals surface area contributed by atoms with Crippen LogP contribution >= 0.6 is 23.2 Å². The summed E-state index contributed by atoms with van der Waals surface area (Å²) in [6.45, 7) is 1.23. The Balaban J connectivity index is 2.39. The minimum Gasteiger partial charge on any atom is -0.354 e. The van der Waals surface area contributed by atoms with Crippen LogP contribution in [0, 0.1) is 0 Å². The number of halogens is 2. The third-order valence-corrected chi connectivity index (χ3v) is 3.14. The Morgan fingerprint density at radius 1 is 1.15 bits per heavy atom. The number of nitrogens with zero attached hydrogens (tertiary/aromatic N) is 1. The maximum atomic E-state index is 11.7. The molecule has 0 unspecified atom stereocenters. The van der Waals surface area contributed by atoms with E-state index >= 15 is 0 Å². The number of carbonyl (C=O) groups excluding carboxylic acids is 2. The van der Waals surface area contributed by atoms with Gasteiger partial charge in [-0.3, -0.25) is 9.59 Å². The lowest BCUT2D eigenvalue weighted by Crippen LogP contribution is -2.33. The van der Waals surface area contributed by atoms with Gasteiger partial charge < -0.3 is 15.5 Å². The van der Waals surface area contributed by atoms with Crippen molar-refractivity contribution in [2.45, 2.75) is 6.42 Å². The molecule has 0 aliphatic rings. The largest absolute Gasteiger partial charge is 0.354 e. The molecule has 5 nitrogen and oxygen atoms in total. The highest BCUT2D eigenvalue weighted by Gasteiger charge is 2.10. The summed E-state index contributed by atoms with van der Waals surface area (Å²) in [5, 5.41) is 6.00. The quantitative estimate of drug-likeness (QED) is 0.789. The lowest BCUT2D eigenvalue weighted by Gasteiger charge is -2.10. The van der Waals surface area contributed by atoms with Crippen LogP contribution in [0.1, 0.15) is 6.42 Å². The second-order valence-corrected chi connectivity index (χ2v) is 5.32. The molecule has 7 heteroatoms. The highest BCUT2D eigenvalue weighted by Crippen LogP contribution is 2.24. The van der Waals surface area contributed by atoms with Crippen molar-refractivity contribution in [2.24, 2.45) is 0 Å². The van der Waals surface area contributed by atoms with E-state index < -0.39 is 5.91 Å². The normalized spacial score (nSPS) is 10.4. The maximum absolute atomic E-state index is 11.7. The molecule has 0 aliphatic carbocycles. The van der Waals surface area contributed by atoms with E-state index in [0.29, 0.717) is 22.3 Å². The fraction of sp³-hybridized carbons (Fsp3) is 0.385. The van der Waals surface area contributed by atoms with Crippen LogP contribution in [0.2, 0.25) is 10.0 Å². The molecule has 2 N–H and O–H groups in total. The van der Waals surface area contributed by atoms with Crippen LogP contribution in [0.3, 0.4) is 0 Å². The molecule has 110 valence electrons. The average molecular weight is 318 g/mol. The monoisotopic (exact) mass is 317 g/mol. The summed E-state index contributed by atoms with van der Waals surface area (Å²) in [6.07, 6.45) is -0.228. The average Bonchev–Trinajstić information content (AvgIpc) is 2.33. The van der Waals surface area contributed by atoms with Crippen molar-refractivity contribution in [3.8, 4) is 0 Å². The van der Waals surface area contributed by atoms with Crippen LogP contribution in [0.25, 0.3) is 0 Å². The molecule has 0 saturated heterocycles. The van der Waals surface area contributed by atoms with Gasteiger partial charge in [-0.05, 0) is 32.3 Å². The molecule has 0 spiro atoms. The Morgan fingerprint density at radius 2 is 1.85 bits per heavy atom. The minimum atomic E-state index is -0.397. The number of rotatable bonds is 6. The molecule has 0 aliphatic heterocycles. The van der Waals surface area contributed by atoms with E-state index in [1.165, 1.54) is 6.07 Å². The first-order valence-electron chi connectivity index (χ1n) is 6.05. The number of likely N-dealkylation sites (N-methyl/N-ethyl adjacent to an activating group) is 1. The lowest BCUT2D eigenvalue weighted by molar-refractivity contribution is -0.126. The van der Waals surface area contributed by atoms with Gasteiger partial charge >= 0.3 is 0 Å². The van der Waals surface area contributed by atoms with E-state index in [9.17, 15) is 9.59 Å². The van der Waals surface area contributed by atoms with Crippen molar-refractivity contribution in [1.29, 1.82) is 0 Å². The van der Waals surface area contributed by atoms with Crippen LogP contribution in [0.5, 0.6) is 0 Å². The molecule has 0 bridgehead atoms. The van der Waals surface area contributed by atoms with E-state index in [0.717, 1.165) is 6.54 Å². The predicted octanol–water partition coefficient (Wildman–Crippen LogP) is 2.00. The van der Waals surface area contributed by atoms with Gasteiger partial charge in [0.15, 0.2) is 0 Å². The first-order chi connectivity index (χ1) is 9.38. The van der Waals surface area contributed by atoms with Gasteiger partial charge in [0.05, 0.1) is 10.0 Å². The molecule has 0 atom stereocenters. The molecule has 2 amide bonds. The molecule has 0 saturated carbocycles. The van der Waals surface area contributed by atoms with Crippen LogP contribution in [-0.4, -0.2) is 43.9 Å². The third-order valence-electron chi connectivity index (χ3n) is 2.41. The smallest absolute Gasteiger partial charge is 0.233 e. The number of nitrogens with one attached hydrogen (secondary N) is 2. The van der Waals surface area contributed by atoms with Gasteiger partial charge in [-0.1, -0.05) is 23.2 Å². The minimum absolute atomic E-state index is 0.228. The first kappa shape index (κ1) is 16.8. The fourth-order valence-corrected chi connectivity index (χ4v) is 1.70. The Morgan fingerprint density at radius 3 is 2.45 bits per heavy atom. The number of benzene rings is 1. The second-order valence-electron chi connectivity index (χ2n) is 4.51. The topological polar surface area (TPSA) is 61.4 Å². The number of hydrogen-bond acceptors (Lipinski definition) is 3. The van der Waals surface area contributed by atoms with Crippen molar-refractivity contribution in [2.75, 3.05) is 32.5 Å². The van der Waals surface area contributed by atoms with Gasteiger partial charge in [0.1, 0.15) is 6.42 Å². The molecule has 20 heavy (non-hydrogen) atoms. The predicted molar refractivity (Wildman–Crippen MR) is 81.3 cm³/mol. The van der Waals surface area contributed by atoms with Crippen LogP contribution < -0.4 is 10.6 Å². The summed E-state index contributed by atoms with van der Waals surface area (Å²) in [7, 11) is 3.81. The van der Waals surface area contributed by atoms with Crippen molar-refractivity contribution in [3.05, 3.63) is 28.2 Å². The van der Waals surface area contributed by atoms with E-state index in [1.54, 1.807) is 12.1 Å². The highest BCUT2D eigenvalue weighted by atomic mass is 35.5. The van der Waals surface area contributed by atoms with Crippen molar-refractivity contribution >= 4 is 40.7 Å². The number of amides is 2. The number of anilines is 1. The van der Waals surface area contributed by atoms with Gasteiger partial charge in [0.2, 0.25) is 11.8 Å². The molecule has 1 aromatic rings. The summed E-state index contributed by atoms with van der Waals surface area (Å²) in [4.78, 5) is 25.1. The summed E-state index contributed by atoms with van der Waals surface area (Å²) in [5.41, 5.74) is 0.505.